The summed E-state index contributed by atoms with van der Waals surface area (Å²) < 4.78 is 32.9. The first kappa shape index (κ1) is 17.8. The molecular formula is C18H25N3O4S. The van der Waals surface area contributed by atoms with Crippen LogP contribution in [0.4, 0.5) is 0 Å². The molecule has 0 radical (unpaired) electrons. The van der Waals surface area contributed by atoms with Gasteiger partial charge in [0.15, 0.2) is 5.37 Å². The molecule has 0 aromatic carbocycles. The molecule has 1 saturated heterocycles. The van der Waals surface area contributed by atoms with Crippen LogP contribution >= 0.6 is 0 Å². The van der Waals surface area contributed by atoms with Crippen LogP contribution in [-0.2, 0) is 19.6 Å². The molecule has 7 nitrogen and oxygen atoms in total. The lowest BCUT2D eigenvalue weighted by molar-refractivity contribution is -0.138. The predicted molar refractivity (Wildman–Crippen MR) is 97.5 cm³/mol. The zero-order valence-electron chi connectivity index (χ0n) is 15.0. The van der Waals surface area contributed by atoms with E-state index in [1.807, 2.05) is 11.0 Å². The van der Waals surface area contributed by atoms with Crippen molar-refractivity contribution in [3.8, 4) is 0 Å². The number of nitrogens with zero attached hydrogens (tertiary/aromatic N) is 3. The van der Waals surface area contributed by atoms with Crippen molar-refractivity contribution in [1.29, 1.82) is 0 Å². The molecule has 0 aromatic heterocycles. The summed E-state index contributed by atoms with van der Waals surface area (Å²) in [5.41, 5.74) is 2.16. The van der Waals surface area contributed by atoms with Crippen molar-refractivity contribution < 1.29 is 17.9 Å². The second-order valence-corrected chi connectivity index (χ2v) is 9.44. The first-order chi connectivity index (χ1) is 12.5. The van der Waals surface area contributed by atoms with E-state index >= 15 is 0 Å². The molecule has 0 aromatic rings. The Morgan fingerprint density at radius 2 is 1.88 bits per heavy atom. The smallest absolute Gasteiger partial charge is 0.239 e. The Labute approximate surface area is 154 Å². The molecule has 1 fully saturated rings. The molecule has 1 amide bonds. The number of carbonyl (C=O) groups excluding carboxylic acids is 1. The minimum Gasteiger partial charge on any atom is -0.381 e. The highest BCUT2D eigenvalue weighted by Gasteiger charge is 2.41. The van der Waals surface area contributed by atoms with E-state index in [0.717, 1.165) is 30.6 Å². The number of hydrogen-bond donors (Lipinski definition) is 0. The molecule has 0 bridgehead atoms. The Kier molecular flexibility index (Phi) is 4.66. The standard InChI is InChI=1S/C18H25N3O4S/c1-19-7-3-2-6-17(19)26(23,24)21-11-15-9-20(10-16(15)12-21)18(22)14-5-4-8-25-13-14/h2-3,6-7,14,17H,4-5,8-13H2,1H3/t14-,17?/m0/s1. The average Bonchev–Trinajstić information content (AvgIpc) is 3.21. The van der Waals surface area contributed by atoms with E-state index in [1.165, 1.54) is 0 Å². The predicted octanol–water partition coefficient (Wildman–Crippen LogP) is 0.539. The third-order valence-electron chi connectivity index (χ3n) is 5.59. The second kappa shape index (κ2) is 6.83. The SMILES string of the molecule is CN1C=CC=CC1S(=O)(=O)N1CC2=C(CN(C(=O)[C@H]3CCCOC3)C2)C1. The monoisotopic (exact) mass is 379 g/mol. The van der Waals surface area contributed by atoms with Crippen LogP contribution < -0.4 is 0 Å². The summed E-state index contributed by atoms with van der Waals surface area (Å²) in [5, 5.41) is -0.662. The van der Waals surface area contributed by atoms with E-state index in [4.69, 9.17) is 4.74 Å². The number of likely N-dealkylation sites (N-methyl/N-ethyl adjacent to an activating group) is 1. The fourth-order valence-electron chi connectivity index (χ4n) is 4.10. The number of rotatable bonds is 3. The fraction of sp³-hybridized carbons (Fsp3) is 0.611. The highest BCUT2D eigenvalue weighted by molar-refractivity contribution is 7.89. The largest absolute Gasteiger partial charge is 0.381 e. The van der Waals surface area contributed by atoms with Gasteiger partial charge in [0, 0.05) is 46.0 Å². The Morgan fingerprint density at radius 3 is 2.50 bits per heavy atom. The van der Waals surface area contributed by atoms with Crippen LogP contribution in [0.15, 0.2) is 35.6 Å². The van der Waals surface area contributed by atoms with Gasteiger partial charge in [0.05, 0.1) is 12.5 Å². The van der Waals surface area contributed by atoms with Gasteiger partial charge < -0.3 is 14.5 Å². The minimum atomic E-state index is -3.46. The number of allylic oxidation sites excluding steroid dienone is 2. The van der Waals surface area contributed by atoms with Gasteiger partial charge in [-0.1, -0.05) is 6.08 Å². The van der Waals surface area contributed by atoms with Crippen LogP contribution in [0.1, 0.15) is 12.8 Å². The molecule has 4 rings (SSSR count). The van der Waals surface area contributed by atoms with E-state index in [-0.39, 0.29) is 11.8 Å². The number of sulfonamides is 1. The van der Waals surface area contributed by atoms with Crippen LogP contribution in [0.5, 0.6) is 0 Å². The van der Waals surface area contributed by atoms with E-state index in [0.29, 0.717) is 32.8 Å². The number of carbonyl (C=O) groups is 1. The van der Waals surface area contributed by atoms with Crippen LogP contribution in [0.25, 0.3) is 0 Å². The molecule has 142 valence electrons. The third kappa shape index (κ3) is 3.10. The van der Waals surface area contributed by atoms with Gasteiger partial charge in [0.1, 0.15) is 0 Å². The van der Waals surface area contributed by atoms with Crippen molar-refractivity contribution >= 4 is 15.9 Å². The van der Waals surface area contributed by atoms with Gasteiger partial charge in [-0.15, -0.1) is 0 Å². The van der Waals surface area contributed by atoms with E-state index in [9.17, 15) is 13.2 Å². The van der Waals surface area contributed by atoms with E-state index < -0.39 is 15.4 Å². The van der Waals surface area contributed by atoms with Crippen molar-refractivity contribution in [1.82, 2.24) is 14.1 Å². The normalized spacial score (nSPS) is 29.6. The fourth-order valence-corrected chi connectivity index (χ4v) is 5.86. The maximum Gasteiger partial charge on any atom is 0.239 e. The van der Waals surface area contributed by atoms with Crippen molar-refractivity contribution in [3.05, 3.63) is 35.6 Å². The molecule has 26 heavy (non-hydrogen) atoms. The highest BCUT2D eigenvalue weighted by Crippen LogP contribution is 2.31. The van der Waals surface area contributed by atoms with E-state index in [2.05, 4.69) is 0 Å². The minimum absolute atomic E-state index is 0.0450. The van der Waals surface area contributed by atoms with E-state index in [1.54, 1.807) is 34.6 Å². The van der Waals surface area contributed by atoms with Crippen LogP contribution in [0, 0.1) is 5.92 Å². The molecule has 1 unspecified atom stereocenters. The molecule has 0 saturated carbocycles. The Bertz CT molecular complexity index is 762. The highest BCUT2D eigenvalue weighted by atomic mass is 32.2. The molecule has 0 spiro atoms. The third-order valence-corrected chi connectivity index (χ3v) is 7.67. The summed E-state index contributed by atoms with van der Waals surface area (Å²) in [6.07, 6.45) is 8.89. The van der Waals surface area contributed by atoms with Gasteiger partial charge in [-0.3, -0.25) is 4.79 Å². The molecule has 8 heteroatoms. The first-order valence-corrected chi connectivity index (χ1v) is 10.6. The second-order valence-electron chi connectivity index (χ2n) is 7.41. The topological polar surface area (TPSA) is 70.2 Å². The Balaban J connectivity index is 1.38. The zero-order valence-corrected chi connectivity index (χ0v) is 15.8. The van der Waals surface area contributed by atoms with Gasteiger partial charge in [-0.25, -0.2) is 8.42 Å². The molecule has 0 aliphatic carbocycles. The van der Waals surface area contributed by atoms with Gasteiger partial charge in [-0.2, -0.15) is 4.31 Å². The Hall–Kier alpha value is -1.64. The lowest BCUT2D eigenvalue weighted by atomic mass is 10.0. The number of hydrogen-bond acceptors (Lipinski definition) is 5. The lowest BCUT2D eigenvalue weighted by Gasteiger charge is -2.31. The maximum absolute atomic E-state index is 13.0. The lowest BCUT2D eigenvalue weighted by Crippen LogP contribution is -2.46. The number of amides is 1. The first-order valence-electron chi connectivity index (χ1n) is 9.09. The van der Waals surface area contributed by atoms with Gasteiger partial charge in [0.25, 0.3) is 0 Å². The molecule has 4 aliphatic heterocycles. The molecule has 4 aliphatic rings. The average molecular weight is 379 g/mol. The number of ether oxygens (including phenoxy) is 1. The summed E-state index contributed by atoms with van der Waals surface area (Å²) in [6.45, 7) is 3.13. The van der Waals surface area contributed by atoms with Crippen molar-refractivity contribution in [2.75, 3.05) is 46.4 Å². The summed E-state index contributed by atoms with van der Waals surface area (Å²) in [7, 11) is -1.69. The summed E-state index contributed by atoms with van der Waals surface area (Å²) in [6, 6.07) is 0. The van der Waals surface area contributed by atoms with Gasteiger partial charge in [0.2, 0.25) is 15.9 Å². The van der Waals surface area contributed by atoms with Crippen molar-refractivity contribution in [3.63, 3.8) is 0 Å². The quantitative estimate of drug-likeness (QED) is 0.670. The van der Waals surface area contributed by atoms with Crippen molar-refractivity contribution in [2.45, 2.75) is 18.2 Å². The Morgan fingerprint density at radius 1 is 1.15 bits per heavy atom. The molecular weight excluding hydrogens is 354 g/mol. The summed E-state index contributed by atoms with van der Waals surface area (Å²) in [5.74, 6) is 0.102. The van der Waals surface area contributed by atoms with Crippen LogP contribution in [-0.4, -0.2) is 80.2 Å². The van der Waals surface area contributed by atoms with Crippen LogP contribution in [0.2, 0.25) is 0 Å². The van der Waals surface area contributed by atoms with Crippen LogP contribution in [0.3, 0.4) is 0 Å². The maximum atomic E-state index is 13.0. The summed E-state index contributed by atoms with van der Waals surface area (Å²) in [4.78, 5) is 16.2. The molecule has 4 heterocycles. The van der Waals surface area contributed by atoms with Gasteiger partial charge in [-0.05, 0) is 36.1 Å². The molecule has 2 atom stereocenters. The summed E-state index contributed by atoms with van der Waals surface area (Å²) >= 11 is 0. The van der Waals surface area contributed by atoms with Crippen molar-refractivity contribution in [2.24, 2.45) is 5.92 Å². The molecule has 0 N–H and O–H groups in total. The zero-order chi connectivity index (χ0) is 18.3. The van der Waals surface area contributed by atoms with Gasteiger partial charge >= 0.3 is 0 Å².